The molecule has 0 N–H and O–H groups in total. The van der Waals surface area contributed by atoms with Crippen molar-refractivity contribution in [2.45, 2.75) is 37.0 Å². The van der Waals surface area contributed by atoms with Gasteiger partial charge in [0.25, 0.3) is 0 Å². The standard InChI is InChI=1S/C60H45N/c1-58(40-19-7-4-8-20-40)54-30-18-15-27-48(54)51-37-43(33-36-55(51)58)61(44-31-34-49-46-25-13-16-28-52(46)59(2,56(49)38-44)41-21-9-5-10-22-41)45-32-35-50-47-26-14-17-29-53(47)60(3,57(50)39-45)42-23-11-6-12-24-42/h4-39H,1-3H3. The molecule has 3 atom stereocenters. The van der Waals surface area contributed by atoms with E-state index in [1.54, 1.807) is 0 Å². The number of benzene rings is 9. The lowest BCUT2D eigenvalue weighted by atomic mass is 9.74. The van der Waals surface area contributed by atoms with E-state index in [1.807, 2.05) is 0 Å². The maximum atomic E-state index is 2.52. The second-order valence-corrected chi connectivity index (χ2v) is 17.6. The first-order valence-electron chi connectivity index (χ1n) is 21.6. The summed E-state index contributed by atoms with van der Waals surface area (Å²) >= 11 is 0. The van der Waals surface area contributed by atoms with Crippen molar-refractivity contribution in [3.05, 3.63) is 268 Å². The number of fused-ring (bicyclic) bond motifs is 9. The molecule has 3 aliphatic carbocycles. The van der Waals surface area contributed by atoms with E-state index in [0.717, 1.165) is 17.1 Å². The molecule has 1 heteroatoms. The van der Waals surface area contributed by atoms with Crippen molar-refractivity contribution in [2.75, 3.05) is 4.90 Å². The van der Waals surface area contributed by atoms with E-state index in [2.05, 4.69) is 244 Å². The van der Waals surface area contributed by atoms with Crippen LogP contribution in [-0.2, 0) is 16.2 Å². The average molecular weight is 780 g/mol. The first kappa shape index (κ1) is 35.7. The number of hydrogen-bond acceptors (Lipinski definition) is 1. The minimum atomic E-state index is -0.325. The quantitative estimate of drug-likeness (QED) is 0.162. The van der Waals surface area contributed by atoms with Crippen LogP contribution in [0.15, 0.2) is 218 Å². The van der Waals surface area contributed by atoms with Crippen molar-refractivity contribution in [2.24, 2.45) is 0 Å². The zero-order chi connectivity index (χ0) is 40.9. The van der Waals surface area contributed by atoms with Gasteiger partial charge in [-0.15, -0.1) is 0 Å². The highest BCUT2D eigenvalue weighted by molar-refractivity contribution is 5.92. The van der Waals surface area contributed by atoms with E-state index in [1.165, 1.54) is 83.5 Å². The van der Waals surface area contributed by atoms with E-state index in [4.69, 9.17) is 0 Å². The van der Waals surface area contributed by atoms with Crippen LogP contribution in [0.3, 0.4) is 0 Å². The van der Waals surface area contributed by atoms with E-state index in [9.17, 15) is 0 Å². The number of anilines is 3. The van der Waals surface area contributed by atoms with Gasteiger partial charge in [-0.05, 0) is 141 Å². The van der Waals surface area contributed by atoms with E-state index >= 15 is 0 Å². The Balaban J connectivity index is 1.11. The summed E-state index contributed by atoms with van der Waals surface area (Å²) in [6.45, 7) is 7.22. The molecule has 290 valence electrons. The Morgan fingerprint density at radius 3 is 0.967 bits per heavy atom. The van der Waals surface area contributed by atoms with Crippen molar-refractivity contribution < 1.29 is 0 Å². The molecule has 3 unspecified atom stereocenters. The smallest absolute Gasteiger partial charge is 0.0468 e. The van der Waals surface area contributed by atoms with Crippen LogP contribution >= 0.6 is 0 Å². The molecule has 0 bridgehead atoms. The van der Waals surface area contributed by atoms with Gasteiger partial charge in [0.05, 0.1) is 0 Å². The second kappa shape index (κ2) is 13.1. The van der Waals surface area contributed by atoms with Crippen LogP contribution in [0.2, 0.25) is 0 Å². The fourth-order valence-corrected chi connectivity index (χ4v) is 11.6. The molecule has 0 saturated heterocycles. The summed E-state index contributed by atoms with van der Waals surface area (Å²) in [5, 5.41) is 0. The molecule has 0 spiro atoms. The van der Waals surface area contributed by atoms with E-state index in [0.29, 0.717) is 0 Å². The molecule has 0 radical (unpaired) electrons. The summed E-state index contributed by atoms with van der Waals surface area (Å²) in [6, 6.07) is 81.8. The molecular weight excluding hydrogens is 735 g/mol. The Hall–Kier alpha value is -7.22. The van der Waals surface area contributed by atoms with Gasteiger partial charge < -0.3 is 4.90 Å². The van der Waals surface area contributed by atoms with Crippen molar-refractivity contribution in [3.63, 3.8) is 0 Å². The molecule has 0 heterocycles. The van der Waals surface area contributed by atoms with Crippen molar-refractivity contribution >= 4 is 17.1 Å². The third kappa shape index (κ3) is 4.89. The molecule has 0 amide bonds. The average Bonchev–Trinajstić information content (AvgIpc) is 3.86. The maximum absolute atomic E-state index is 2.52. The van der Waals surface area contributed by atoms with Gasteiger partial charge in [0.2, 0.25) is 0 Å². The molecule has 0 fully saturated rings. The van der Waals surface area contributed by atoms with Crippen LogP contribution in [0.1, 0.15) is 70.8 Å². The third-order valence-corrected chi connectivity index (χ3v) is 14.7. The summed E-state index contributed by atoms with van der Waals surface area (Å²) in [5.41, 5.74) is 22.3. The van der Waals surface area contributed by atoms with Gasteiger partial charge in [-0.3, -0.25) is 0 Å². The first-order valence-corrected chi connectivity index (χ1v) is 21.6. The highest BCUT2D eigenvalue weighted by atomic mass is 15.1. The van der Waals surface area contributed by atoms with Crippen LogP contribution in [0, 0.1) is 0 Å². The lowest BCUT2D eigenvalue weighted by molar-refractivity contribution is 0.713. The van der Waals surface area contributed by atoms with E-state index in [-0.39, 0.29) is 16.2 Å². The molecule has 9 aromatic rings. The SMILES string of the molecule is CC1(c2ccccc2)c2ccccc2-c2cc(N(c3ccc4c(c3)C(C)(c3ccccc3)c3ccccc3-4)c3ccc4c(c3)C(C)(c3ccccc3)c3ccccc3-4)ccc21. The van der Waals surface area contributed by atoms with Crippen LogP contribution in [-0.4, -0.2) is 0 Å². The fraction of sp³-hybridized carbons (Fsp3) is 0.100. The molecule has 0 aromatic heterocycles. The monoisotopic (exact) mass is 779 g/mol. The predicted molar refractivity (Wildman–Crippen MR) is 253 cm³/mol. The second-order valence-electron chi connectivity index (χ2n) is 17.6. The van der Waals surface area contributed by atoms with Gasteiger partial charge in [0, 0.05) is 33.3 Å². The van der Waals surface area contributed by atoms with Gasteiger partial charge >= 0.3 is 0 Å². The van der Waals surface area contributed by atoms with Crippen LogP contribution < -0.4 is 4.90 Å². The lowest BCUT2D eigenvalue weighted by Gasteiger charge is -2.33. The summed E-state index contributed by atoms with van der Waals surface area (Å²) < 4.78 is 0. The minimum absolute atomic E-state index is 0.274. The van der Waals surface area contributed by atoms with E-state index < -0.39 is 0 Å². The van der Waals surface area contributed by atoms with Gasteiger partial charge in [-0.2, -0.15) is 0 Å². The van der Waals surface area contributed by atoms with Crippen molar-refractivity contribution in [1.82, 2.24) is 0 Å². The molecule has 1 nitrogen and oxygen atoms in total. The normalized spacial score (nSPS) is 19.9. The zero-order valence-electron chi connectivity index (χ0n) is 34.7. The van der Waals surface area contributed by atoms with Crippen LogP contribution in [0.25, 0.3) is 33.4 Å². The number of rotatable bonds is 6. The Bertz CT molecular complexity index is 3040. The molecule has 61 heavy (non-hydrogen) atoms. The Morgan fingerprint density at radius 1 is 0.246 bits per heavy atom. The zero-order valence-corrected chi connectivity index (χ0v) is 34.7. The Labute approximate surface area is 359 Å². The summed E-state index contributed by atoms with van der Waals surface area (Å²) in [4.78, 5) is 2.52. The lowest BCUT2D eigenvalue weighted by Crippen LogP contribution is -2.23. The van der Waals surface area contributed by atoms with Crippen LogP contribution in [0.4, 0.5) is 17.1 Å². The highest BCUT2D eigenvalue weighted by Gasteiger charge is 2.44. The largest absolute Gasteiger partial charge is 0.310 e. The first-order chi connectivity index (χ1) is 29.9. The molecule has 12 rings (SSSR count). The number of nitrogens with zero attached hydrogens (tertiary/aromatic N) is 1. The Morgan fingerprint density at radius 2 is 0.541 bits per heavy atom. The molecule has 0 saturated carbocycles. The van der Waals surface area contributed by atoms with Gasteiger partial charge in [0.1, 0.15) is 0 Å². The molecule has 0 aliphatic heterocycles. The summed E-state index contributed by atoms with van der Waals surface area (Å²) in [7, 11) is 0. The van der Waals surface area contributed by atoms with Crippen molar-refractivity contribution in [3.8, 4) is 33.4 Å². The summed E-state index contributed by atoms with van der Waals surface area (Å²) in [6.07, 6.45) is 0. The molecular formula is C60H45N. The third-order valence-electron chi connectivity index (χ3n) is 14.7. The summed E-state index contributed by atoms with van der Waals surface area (Å²) in [5.74, 6) is 0. The minimum Gasteiger partial charge on any atom is -0.310 e. The van der Waals surface area contributed by atoms with Gasteiger partial charge in [0.15, 0.2) is 0 Å². The van der Waals surface area contributed by atoms with Crippen molar-refractivity contribution in [1.29, 1.82) is 0 Å². The Kier molecular flexibility index (Phi) is 7.69. The van der Waals surface area contributed by atoms with Crippen LogP contribution in [0.5, 0.6) is 0 Å². The fourth-order valence-electron chi connectivity index (χ4n) is 11.6. The predicted octanol–water partition coefficient (Wildman–Crippen LogP) is 15.2. The topological polar surface area (TPSA) is 3.24 Å². The number of hydrogen-bond donors (Lipinski definition) is 0. The van der Waals surface area contributed by atoms with Gasteiger partial charge in [-0.1, -0.05) is 182 Å². The molecule has 9 aromatic carbocycles. The molecule has 3 aliphatic rings. The maximum Gasteiger partial charge on any atom is 0.0468 e. The van der Waals surface area contributed by atoms with Gasteiger partial charge in [-0.25, -0.2) is 0 Å². The highest BCUT2D eigenvalue weighted by Crippen LogP contribution is 2.58.